The summed E-state index contributed by atoms with van der Waals surface area (Å²) in [6, 6.07) is 0. The first-order valence-electron chi connectivity index (χ1n) is 4.52. The fraction of sp³-hybridized carbons (Fsp3) is 0.800. The van der Waals surface area contributed by atoms with Crippen molar-refractivity contribution in [2.24, 2.45) is 10.8 Å². The number of rotatable bonds is 0. The molecule has 0 heterocycles. The van der Waals surface area contributed by atoms with E-state index in [1.165, 1.54) is 32.1 Å². The van der Waals surface area contributed by atoms with Crippen LogP contribution in [0.4, 0.5) is 0 Å². The van der Waals surface area contributed by atoms with Crippen LogP contribution in [-0.2, 0) is 0 Å². The first kappa shape index (κ1) is 5.40. The Hall–Kier alpha value is -0.260. The Kier molecular flexibility index (Phi) is 0.725. The van der Waals surface area contributed by atoms with E-state index in [1.807, 2.05) is 0 Å². The van der Waals surface area contributed by atoms with Gasteiger partial charge in [-0.15, -0.1) is 0 Å². The molecule has 0 amide bonds. The Morgan fingerprint density at radius 1 is 0.900 bits per heavy atom. The van der Waals surface area contributed by atoms with Gasteiger partial charge in [0.05, 0.1) is 0 Å². The average Bonchev–Trinajstić information content (AvgIpc) is 2.47. The molecule has 0 N–H and O–H groups in total. The van der Waals surface area contributed by atoms with Crippen molar-refractivity contribution in [2.75, 3.05) is 0 Å². The first-order chi connectivity index (χ1) is 4.87. The van der Waals surface area contributed by atoms with Gasteiger partial charge in [0, 0.05) is 0 Å². The highest BCUT2D eigenvalue weighted by Gasteiger charge is 2.68. The molecule has 0 aromatic carbocycles. The molecule has 0 bridgehead atoms. The fourth-order valence-corrected chi connectivity index (χ4v) is 3.48. The number of allylic oxidation sites excluding steroid dienone is 2. The Morgan fingerprint density at radius 3 is 2.10 bits per heavy atom. The van der Waals surface area contributed by atoms with Crippen LogP contribution < -0.4 is 0 Å². The third kappa shape index (κ3) is 0.398. The molecular weight excluding hydrogens is 120 g/mol. The van der Waals surface area contributed by atoms with Gasteiger partial charge in [-0.05, 0) is 42.9 Å². The van der Waals surface area contributed by atoms with E-state index < -0.39 is 0 Å². The van der Waals surface area contributed by atoms with E-state index in [1.54, 1.807) is 6.42 Å². The zero-order valence-corrected chi connectivity index (χ0v) is 6.40. The summed E-state index contributed by atoms with van der Waals surface area (Å²) in [7, 11) is 0. The summed E-state index contributed by atoms with van der Waals surface area (Å²) in [6.07, 6.45) is 13.8. The summed E-state index contributed by atoms with van der Waals surface area (Å²) < 4.78 is 0. The van der Waals surface area contributed by atoms with Crippen LogP contribution in [-0.4, -0.2) is 0 Å². The lowest BCUT2D eigenvalue weighted by Crippen LogP contribution is -2.08. The minimum absolute atomic E-state index is 0.849. The predicted molar refractivity (Wildman–Crippen MR) is 41.7 cm³/mol. The molecule has 3 rings (SSSR count). The van der Waals surface area contributed by atoms with Gasteiger partial charge in [-0.25, -0.2) is 0 Å². The van der Waals surface area contributed by atoms with E-state index in [-0.39, 0.29) is 0 Å². The molecule has 0 radical (unpaired) electrons. The van der Waals surface area contributed by atoms with Gasteiger partial charge in [0.1, 0.15) is 0 Å². The molecule has 0 unspecified atom stereocenters. The van der Waals surface area contributed by atoms with E-state index in [2.05, 4.69) is 12.2 Å². The van der Waals surface area contributed by atoms with Crippen molar-refractivity contribution in [3.63, 3.8) is 0 Å². The maximum absolute atomic E-state index is 2.41. The van der Waals surface area contributed by atoms with E-state index in [0.29, 0.717) is 0 Å². The second-order valence-electron chi connectivity index (χ2n) is 4.47. The monoisotopic (exact) mass is 134 g/mol. The Labute approximate surface area is 62.3 Å². The SMILES string of the molecule is C1=CC[C@]23CCC[C@]2(C1)C3. The summed E-state index contributed by atoms with van der Waals surface area (Å²) in [5.41, 5.74) is 1.70. The molecule has 0 aromatic rings. The molecule has 0 nitrogen and oxygen atoms in total. The Bertz CT molecular complexity index is 184. The van der Waals surface area contributed by atoms with Crippen LogP contribution in [0, 0.1) is 10.8 Å². The zero-order chi connectivity index (χ0) is 6.66. The molecule has 54 valence electrons. The molecule has 2 fully saturated rings. The molecule has 2 atom stereocenters. The van der Waals surface area contributed by atoms with E-state index >= 15 is 0 Å². The molecule has 10 heavy (non-hydrogen) atoms. The molecule has 0 saturated heterocycles. The van der Waals surface area contributed by atoms with Gasteiger partial charge < -0.3 is 0 Å². The van der Waals surface area contributed by atoms with Crippen LogP contribution in [0.25, 0.3) is 0 Å². The lowest BCUT2D eigenvalue weighted by Gasteiger charge is -2.18. The Morgan fingerprint density at radius 2 is 1.50 bits per heavy atom. The quantitative estimate of drug-likeness (QED) is 0.447. The first-order valence-corrected chi connectivity index (χ1v) is 4.52. The van der Waals surface area contributed by atoms with Gasteiger partial charge in [-0.3, -0.25) is 0 Å². The average molecular weight is 134 g/mol. The normalized spacial score (nSPS) is 56.0. The highest BCUT2D eigenvalue weighted by atomic mass is 14.7. The van der Waals surface area contributed by atoms with Crippen molar-refractivity contribution < 1.29 is 0 Å². The van der Waals surface area contributed by atoms with Crippen LogP contribution in [0.5, 0.6) is 0 Å². The van der Waals surface area contributed by atoms with Crippen LogP contribution in [0.3, 0.4) is 0 Å². The summed E-state index contributed by atoms with van der Waals surface area (Å²) in [4.78, 5) is 0. The summed E-state index contributed by atoms with van der Waals surface area (Å²) in [5.74, 6) is 0. The van der Waals surface area contributed by atoms with Gasteiger partial charge >= 0.3 is 0 Å². The van der Waals surface area contributed by atoms with Gasteiger partial charge in [0.15, 0.2) is 0 Å². The lowest BCUT2D eigenvalue weighted by molar-refractivity contribution is 0.380. The van der Waals surface area contributed by atoms with Gasteiger partial charge in [0.25, 0.3) is 0 Å². The maximum Gasteiger partial charge on any atom is -0.0198 e. The van der Waals surface area contributed by atoms with Gasteiger partial charge in [0.2, 0.25) is 0 Å². The van der Waals surface area contributed by atoms with Gasteiger partial charge in [-0.2, -0.15) is 0 Å². The van der Waals surface area contributed by atoms with Crippen LogP contribution in [0.1, 0.15) is 38.5 Å². The van der Waals surface area contributed by atoms with Crippen molar-refractivity contribution in [3.05, 3.63) is 12.2 Å². The maximum atomic E-state index is 2.41. The van der Waals surface area contributed by atoms with Crippen LogP contribution in [0.15, 0.2) is 12.2 Å². The summed E-state index contributed by atoms with van der Waals surface area (Å²) >= 11 is 0. The molecule has 0 heteroatoms. The van der Waals surface area contributed by atoms with E-state index in [9.17, 15) is 0 Å². The largest absolute Gasteiger partial charge is 0.0879 e. The number of hydrogen-bond acceptors (Lipinski definition) is 0. The lowest BCUT2D eigenvalue weighted by atomic mass is 9.86. The molecule has 2 saturated carbocycles. The van der Waals surface area contributed by atoms with Crippen molar-refractivity contribution in [1.29, 1.82) is 0 Å². The van der Waals surface area contributed by atoms with Crippen molar-refractivity contribution in [2.45, 2.75) is 38.5 Å². The molecule has 0 aromatic heterocycles. The molecular formula is C10H14. The van der Waals surface area contributed by atoms with Crippen LogP contribution in [0.2, 0.25) is 0 Å². The standard InChI is InChI=1S/C10H14/c1-2-5-10-7-3-6-9(10,4-1)8-10/h1-2H,3-8H2/t9-,10-/m1/s1. The zero-order valence-electron chi connectivity index (χ0n) is 6.40. The van der Waals surface area contributed by atoms with Gasteiger partial charge in [-0.1, -0.05) is 18.6 Å². The molecule has 3 aliphatic rings. The minimum atomic E-state index is 0.849. The van der Waals surface area contributed by atoms with Crippen molar-refractivity contribution in [1.82, 2.24) is 0 Å². The highest BCUT2D eigenvalue weighted by molar-refractivity contribution is 5.24. The smallest absolute Gasteiger partial charge is 0.0198 e. The third-order valence-corrected chi connectivity index (χ3v) is 4.17. The molecule has 0 aliphatic heterocycles. The van der Waals surface area contributed by atoms with E-state index in [4.69, 9.17) is 0 Å². The van der Waals surface area contributed by atoms with E-state index in [0.717, 1.165) is 10.8 Å². The Balaban J connectivity index is 2.03. The highest BCUT2D eigenvalue weighted by Crippen LogP contribution is 2.78. The summed E-state index contributed by atoms with van der Waals surface area (Å²) in [6.45, 7) is 0. The second kappa shape index (κ2) is 1.34. The second-order valence-corrected chi connectivity index (χ2v) is 4.47. The minimum Gasteiger partial charge on any atom is -0.0879 e. The summed E-state index contributed by atoms with van der Waals surface area (Å²) in [5, 5.41) is 0. The molecule has 3 aliphatic carbocycles. The number of hydrogen-bond donors (Lipinski definition) is 0. The van der Waals surface area contributed by atoms with Crippen molar-refractivity contribution >= 4 is 0 Å². The van der Waals surface area contributed by atoms with Crippen molar-refractivity contribution in [3.8, 4) is 0 Å². The fourth-order valence-electron chi connectivity index (χ4n) is 3.48. The predicted octanol–water partition coefficient (Wildman–Crippen LogP) is 2.90. The third-order valence-electron chi connectivity index (χ3n) is 4.17. The topological polar surface area (TPSA) is 0 Å². The molecule has 0 spiro atoms. The van der Waals surface area contributed by atoms with Crippen LogP contribution >= 0.6 is 0 Å².